The summed E-state index contributed by atoms with van der Waals surface area (Å²) in [4.78, 5) is 0. The minimum atomic E-state index is -5.34. The Bertz CT molecular complexity index is 2750. The second-order valence-corrected chi connectivity index (χ2v) is 36.1. The average molecular weight is 1010 g/mol. The first-order valence-electron chi connectivity index (χ1n) is 22.4. The first-order valence-corrected chi connectivity index (χ1v) is 29.8. The molecule has 6 aromatic rings. The maximum absolute atomic E-state index is 6.39. The molecule has 0 spiro atoms. The van der Waals surface area contributed by atoms with Crippen molar-refractivity contribution in [3.8, 4) is 33.4 Å². The summed E-state index contributed by atoms with van der Waals surface area (Å²) in [6.07, 6.45) is 8.87. The van der Waals surface area contributed by atoms with E-state index in [0.29, 0.717) is 0 Å². The molecule has 0 aliphatic heterocycles. The molecule has 6 aromatic carbocycles. The first-order chi connectivity index (χ1) is 28.9. The fourth-order valence-corrected chi connectivity index (χ4v) is 27.7. The Kier molecular flexibility index (Phi) is 13.6. The molecule has 0 fully saturated rings. The summed E-state index contributed by atoms with van der Waals surface area (Å²) < 4.78 is 11.8. The van der Waals surface area contributed by atoms with E-state index < -0.39 is 18.3 Å². The van der Waals surface area contributed by atoms with E-state index in [9.17, 15) is 0 Å². The quantitative estimate of drug-likeness (QED) is 0.156. The summed E-state index contributed by atoms with van der Waals surface area (Å²) >= 11 is 7.43. The van der Waals surface area contributed by atoms with Crippen LogP contribution in [0.1, 0.15) is 123 Å². The van der Waals surface area contributed by atoms with E-state index in [1.807, 2.05) is 24.3 Å². The van der Waals surface area contributed by atoms with E-state index in [1.54, 1.807) is 0 Å². The molecule has 0 bridgehead atoms. The number of rotatable bonds is 6. The van der Waals surface area contributed by atoms with Gasteiger partial charge in [-0.2, -0.15) is 0 Å². The van der Waals surface area contributed by atoms with Crippen molar-refractivity contribution in [3.05, 3.63) is 180 Å². The minimum absolute atomic E-state index is 0. The van der Waals surface area contributed by atoms with Gasteiger partial charge in [0, 0.05) is 0 Å². The standard InChI is InChI=1S/C29H41.2C12H8Cl.C5H5.CH2.2ClH.Zr/c1-26(2,3)22-14-18-13-19-15-23(27(4,5)6)25(29(10,11)12)17-21(19)20(18)16-24(22)28(7,8)9;2*13-12-8-6-11(7-9-12)10-4-2-1-3-5-10;1-2-4-5-3-1;;;;/h14,16-17H,13H2,1-12H3;2*2-9H;1-3H,4H2;1H2;2*1H;. The number of hydrogen-bond acceptors (Lipinski definition) is 0. The van der Waals surface area contributed by atoms with E-state index in [1.165, 1.54) is 68.7 Å². The van der Waals surface area contributed by atoms with Gasteiger partial charge in [0.1, 0.15) is 0 Å². The molecule has 0 unspecified atom stereocenters. The Balaban J connectivity index is 0.00000340. The Hall–Kier alpha value is -3.29. The molecule has 0 saturated carbocycles. The van der Waals surface area contributed by atoms with Gasteiger partial charge in [-0.1, -0.05) is 0 Å². The third-order valence-electron chi connectivity index (χ3n) is 13.9. The fraction of sp³-hybridized carbons (Fsp3) is 0.305. The summed E-state index contributed by atoms with van der Waals surface area (Å²) in [5.41, 5.74) is 15.8. The molecule has 2 aliphatic carbocycles. The summed E-state index contributed by atoms with van der Waals surface area (Å²) in [5.74, 6) is 0. The van der Waals surface area contributed by atoms with Gasteiger partial charge in [-0.25, -0.2) is 0 Å². The third-order valence-corrected chi connectivity index (χ3v) is 30.8. The molecule has 0 nitrogen and oxygen atoms in total. The first kappa shape index (κ1) is 50.1. The SMILES string of the molecule is Cl.Cl.[CH2]=[Zr]([C]1=CC=CC1)([c]1ccc(-c2ccc(Cl)cc2)cc1)([c]1ccc(-c2ccc(Cl)cc2)cc1)[c]1c2c(cc(C(C)(C)C)c1C(C)(C)C)-c1cc(C(C)(C)C)c(C(C)(C)C)cc1C2. The monoisotopic (exact) mass is 1000 g/mol. The number of fused-ring (bicyclic) bond motifs is 3. The van der Waals surface area contributed by atoms with Crippen LogP contribution in [0.3, 0.4) is 0 Å². The second-order valence-electron chi connectivity index (χ2n) is 22.4. The molecule has 0 aromatic heterocycles. The van der Waals surface area contributed by atoms with Crippen molar-refractivity contribution in [3.63, 3.8) is 0 Å². The topological polar surface area (TPSA) is 0 Å². The van der Waals surface area contributed by atoms with E-state index in [-0.39, 0.29) is 46.5 Å². The summed E-state index contributed by atoms with van der Waals surface area (Å²) in [6, 6.07) is 43.4. The van der Waals surface area contributed by atoms with Crippen molar-refractivity contribution in [1.82, 2.24) is 0 Å². The van der Waals surface area contributed by atoms with Crippen LogP contribution in [0.4, 0.5) is 0 Å². The molecule has 0 atom stereocenters. The molecular formula is C59H66Cl4Zr. The Morgan fingerprint density at radius 3 is 1.25 bits per heavy atom. The van der Waals surface area contributed by atoms with Gasteiger partial charge < -0.3 is 0 Å². The Morgan fingerprint density at radius 2 is 0.875 bits per heavy atom. The Labute approximate surface area is 408 Å². The van der Waals surface area contributed by atoms with E-state index in [2.05, 4.69) is 192 Å². The molecule has 2 aliphatic rings. The maximum atomic E-state index is 6.39. The van der Waals surface area contributed by atoms with Crippen molar-refractivity contribution in [2.75, 3.05) is 0 Å². The van der Waals surface area contributed by atoms with Crippen LogP contribution in [0.25, 0.3) is 33.4 Å². The summed E-state index contributed by atoms with van der Waals surface area (Å²) in [6.45, 7) is 28.8. The van der Waals surface area contributed by atoms with Gasteiger partial charge in [-0.15, -0.1) is 24.8 Å². The van der Waals surface area contributed by atoms with Gasteiger partial charge in [-0.3, -0.25) is 0 Å². The summed E-state index contributed by atoms with van der Waals surface area (Å²) in [5, 5.41) is 1.49. The van der Waals surface area contributed by atoms with E-state index in [4.69, 9.17) is 27.4 Å². The van der Waals surface area contributed by atoms with E-state index >= 15 is 0 Å². The van der Waals surface area contributed by atoms with Gasteiger partial charge >= 0.3 is 387 Å². The zero-order chi connectivity index (χ0) is 44.8. The molecule has 334 valence electrons. The van der Waals surface area contributed by atoms with Crippen LogP contribution in [0.2, 0.25) is 10.0 Å². The van der Waals surface area contributed by atoms with Crippen LogP contribution in [0.15, 0.2) is 137 Å². The Morgan fingerprint density at radius 1 is 0.484 bits per heavy atom. The van der Waals surface area contributed by atoms with Gasteiger partial charge in [0.25, 0.3) is 0 Å². The second kappa shape index (κ2) is 17.4. The van der Waals surface area contributed by atoms with Crippen LogP contribution in [0, 0.1) is 0 Å². The number of allylic oxidation sites excluding steroid dienone is 4. The molecule has 0 heterocycles. The van der Waals surface area contributed by atoms with Gasteiger partial charge in [-0.05, 0) is 0 Å². The molecule has 0 N–H and O–H groups in total. The van der Waals surface area contributed by atoms with Crippen LogP contribution in [-0.4, -0.2) is 4.21 Å². The zero-order valence-corrected chi connectivity index (χ0v) is 45.5. The predicted octanol–water partition coefficient (Wildman–Crippen LogP) is 16.2. The number of halogens is 4. The predicted molar refractivity (Wildman–Crippen MR) is 286 cm³/mol. The van der Waals surface area contributed by atoms with E-state index in [0.717, 1.165) is 34.0 Å². The van der Waals surface area contributed by atoms with Gasteiger partial charge in [0.15, 0.2) is 0 Å². The zero-order valence-electron chi connectivity index (χ0n) is 39.9. The molecule has 0 amide bonds. The number of benzene rings is 6. The normalized spacial score (nSPS) is 14.1. The molecule has 64 heavy (non-hydrogen) atoms. The van der Waals surface area contributed by atoms with Gasteiger partial charge in [0.05, 0.1) is 0 Å². The van der Waals surface area contributed by atoms with Crippen molar-refractivity contribution in [1.29, 1.82) is 0 Å². The molecule has 0 saturated heterocycles. The average Bonchev–Trinajstić information content (AvgIpc) is 3.88. The van der Waals surface area contributed by atoms with Crippen molar-refractivity contribution in [2.24, 2.45) is 0 Å². The van der Waals surface area contributed by atoms with Crippen molar-refractivity contribution >= 4 is 62.0 Å². The summed E-state index contributed by atoms with van der Waals surface area (Å²) in [7, 11) is 0. The number of hydrogen-bond donors (Lipinski definition) is 0. The van der Waals surface area contributed by atoms with Gasteiger partial charge in [0.2, 0.25) is 0 Å². The molecule has 8 rings (SSSR count). The molecule has 5 heteroatoms. The van der Waals surface area contributed by atoms with Crippen LogP contribution < -0.4 is 9.81 Å². The van der Waals surface area contributed by atoms with Crippen molar-refractivity contribution in [2.45, 2.75) is 118 Å². The third kappa shape index (κ3) is 8.50. The molecular weight excluding hydrogens is 942 g/mol. The fourth-order valence-electron chi connectivity index (χ4n) is 10.8. The molecule has 0 radical (unpaired) electrons. The van der Waals surface area contributed by atoms with Crippen LogP contribution in [0.5, 0.6) is 0 Å². The van der Waals surface area contributed by atoms with Crippen LogP contribution in [-0.2, 0) is 46.4 Å². The van der Waals surface area contributed by atoms with Crippen molar-refractivity contribution < 1.29 is 18.3 Å². The van der Waals surface area contributed by atoms with Crippen LogP contribution >= 0.6 is 48.0 Å².